The molecular weight excluding hydrogens is 320 g/mol. The summed E-state index contributed by atoms with van der Waals surface area (Å²) in [5.41, 5.74) is 2.48. The van der Waals surface area contributed by atoms with Gasteiger partial charge in [0, 0.05) is 16.4 Å². The highest BCUT2D eigenvalue weighted by molar-refractivity contribution is 5.80. The molecule has 2 heterocycles. The Labute approximate surface area is 153 Å². The third-order valence-corrected chi connectivity index (χ3v) is 4.17. The van der Waals surface area contributed by atoms with Gasteiger partial charge in [0.25, 0.3) is 0 Å². The van der Waals surface area contributed by atoms with Crippen LogP contribution in [0.3, 0.4) is 0 Å². The lowest BCUT2D eigenvalue weighted by Gasteiger charge is -2.18. The van der Waals surface area contributed by atoms with Crippen LogP contribution in [0, 0.1) is 0 Å². The summed E-state index contributed by atoms with van der Waals surface area (Å²) in [6.07, 6.45) is 0. The van der Waals surface area contributed by atoms with Gasteiger partial charge in [0.2, 0.25) is 0 Å². The van der Waals surface area contributed by atoms with Crippen LogP contribution in [0.25, 0.3) is 33.8 Å². The van der Waals surface area contributed by atoms with E-state index in [1.165, 1.54) is 0 Å². The van der Waals surface area contributed by atoms with Gasteiger partial charge in [0.05, 0.1) is 5.52 Å². The molecule has 0 spiro atoms. The zero-order valence-electron chi connectivity index (χ0n) is 15.1. The number of benzene rings is 2. The predicted molar refractivity (Wildman–Crippen MR) is 105 cm³/mol. The number of rotatable bonds is 2. The van der Waals surface area contributed by atoms with Gasteiger partial charge in [0.15, 0.2) is 11.6 Å². The van der Waals surface area contributed by atoms with Gasteiger partial charge < -0.3 is 0 Å². The van der Waals surface area contributed by atoms with Crippen molar-refractivity contribution in [2.75, 3.05) is 0 Å². The average molecular weight is 340 g/mol. The molecule has 4 rings (SSSR count). The Hall–Kier alpha value is -3.14. The van der Waals surface area contributed by atoms with Crippen LogP contribution < -0.4 is 0 Å². The minimum atomic E-state index is -0.182. The van der Waals surface area contributed by atoms with Crippen molar-refractivity contribution >= 4 is 10.9 Å². The topological polar surface area (TPSA) is 51.6 Å². The van der Waals surface area contributed by atoms with Crippen LogP contribution in [0.1, 0.15) is 26.6 Å². The third kappa shape index (κ3) is 3.18. The van der Waals surface area contributed by atoms with E-state index in [4.69, 9.17) is 19.9 Å². The summed E-state index contributed by atoms with van der Waals surface area (Å²) in [6, 6.07) is 22.1. The lowest BCUT2D eigenvalue weighted by molar-refractivity contribution is 0.543. The van der Waals surface area contributed by atoms with E-state index in [0.29, 0.717) is 11.6 Å². The molecule has 4 nitrogen and oxygen atoms in total. The number of nitrogens with zero attached hydrogens (tertiary/aromatic N) is 4. The molecule has 0 atom stereocenters. The van der Waals surface area contributed by atoms with Gasteiger partial charge in [0.1, 0.15) is 11.5 Å². The minimum Gasteiger partial charge on any atom is -0.244 e. The van der Waals surface area contributed by atoms with E-state index >= 15 is 0 Å². The molecule has 0 aliphatic rings. The van der Waals surface area contributed by atoms with E-state index < -0.39 is 0 Å². The maximum atomic E-state index is 4.75. The van der Waals surface area contributed by atoms with Crippen LogP contribution in [-0.4, -0.2) is 19.9 Å². The molecule has 0 saturated carbocycles. The Bertz CT molecular complexity index is 1070. The molecular formula is C22H20N4. The molecule has 0 fully saturated rings. The summed E-state index contributed by atoms with van der Waals surface area (Å²) in [5.74, 6) is 2.04. The van der Waals surface area contributed by atoms with Gasteiger partial charge in [-0.3, -0.25) is 0 Å². The van der Waals surface area contributed by atoms with Gasteiger partial charge in [-0.15, -0.1) is 0 Å². The highest BCUT2D eigenvalue weighted by Gasteiger charge is 2.21. The zero-order chi connectivity index (χ0) is 18.1. The normalized spacial score (nSPS) is 11.7. The molecule has 0 aliphatic carbocycles. The molecule has 0 bridgehead atoms. The molecule has 26 heavy (non-hydrogen) atoms. The number of hydrogen-bond acceptors (Lipinski definition) is 4. The smallest absolute Gasteiger partial charge is 0.182 e. The predicted octanol–water partition coefficient (Wildman–Crippen LogP) is 5.05. The number of fused-ring (bicyclic) bond motifs is 1. The number of para-hydroxylation sites is 1. The summed E-state index contributed by atoms with van der Waals surface area (Å²) in [4.78, 5) is 18.9. The fraction of sp³-hybridized carbons (Fsp3) is 0.182. The second-order valence-corrected chi connectivity index (χ2v) is 7.31. The van der Waals surface area contributed by atoms with E-state index in [0.717, 1.165) is 28.0 Å². The average Bonchev–Trinajstić information content (AvgIpc) is 2.67. The highest BCUT2D eigenvalue weighted by Crippen LogP contribution is 2.25. The molecule has 0 aliphatic heterocycles. The molecule has 0 saturated heterocycles. The Morgan fingerprint density at radius 1 is 0.615 bits per heavy atom. The van der Waals surface area contributed by atoms with Crippen molar-refractivity contribution in [2.45, 2.75) is 26.2 Å². The first-order valence-electron chi connectivity index (χ1n) is 8.69. The lowest BCUT2D eigenvalue weighted by Crippen LogP contribution is -2.18. The van der Waals surface area contributed by atoms with Crippen molar-refractivity contribution in [1.29, 1.82) is 0 Å². The van der Waals surface area contributed by atoms with Crippen molar-refractivity contribution in [1.82, 2.24) is 19.9 Å². The molecule has 2 aromatic carbocycles. The second kappa shape index (κ2) is 6.30. The summed E-state index contributed by atoms with van der Waals surface area (Å²) in [6.45, 7) is 6.32. The van der Waals surface area contributed by atoms with E-state index in [1.807, 2.05) is 54.6 Å². The second-order valence-electron chi connectivity index (χ2n) is 7.31. The van der Waals surface area contributed by atoms with Gasteiger partial charge in [-0.05, 0) is 12.1 Å². The van der Waals surface area contributed by atoms with Crippen LogP contribution >= 0.6 is 0 Å². The summed E-state index contributed by atoms with van der Waals surface area (Å²) >= 11 is 0. The first kappa shape index (κ1) is 16.3. The Balaban J connectivity index is 1.91. The number of aromatic nitrogens is 4. The van der Waals surface area contributed by atoms with Crippen LogP contribution in [0.5, 0.6) is 0 Å². The number of pyridine rings is 1. The third-order valence-electron chi connectivity index (χ3n) is 4.17. The fourth-order valence-electron chi connectivity index (χ4n) is 2.73. The van der Waals surface area contributed by atoms with Crippen molar-refractivity contribution in [3.63, 3.8) is 0 Å². The van der Waals surface area contributed by atoms with E-state index in [9.17, 15) is 0 Å². The van der Waals surface area contributed by atoms with Crippen LogP contribution in [0.15, 0.2) is 66.7 Å². The van der Waals surface area contributed by atoms with Gasteiger partial charge >= 0.3 is 0 Å². The zero-order valence-corrected chi connectivity index (χ0v) is 15.1. The van der Waals surface area contributed by atoms with E-state index in [2.05, 4.69) is 32.9 Å². The van der Waals surface area contributed by atoms with Crippen molar-refractivity contribution in [3.8, 4) is 22.9 Å². The van der Waals surface area contributed by atoms with Gasteiger partial charge in [-0.1, -0.05) is 75.4 Å². The Morgan fingerprint density at radius 2 is 1.31 bits per heavy atom. The molecule has 4 heteroatoms. The van der Waals surface area contributed by atoms with Crippen LogP contribution in [0.2, 0.25) is 0 Å². The van der Waals surface area contributed by atoms with Crippen molar-refractivity contribution < 1.29 is 0 Å². The highest BCUT2D eigenvalue weighted by atomic mass is 15.1. The molecule has 0 amide bonds. The van der Waals surface area contributed by atoms with Crippen molar-refractivity contribution in [2.24, 2.45) is 0 Å². The summed E-state index contributed by atoms with van der Waals surface area (Å²) < 4.78 is 0. The van der Waals surface area contributed by atoms with Gasteiger partial charge in [-0.25, -0.2) is 19.9 Å². The quantitative estimate of drug-likeness (QED) is 0.512. The minimum absolute atomic E-state index is 0.182. The first-order valence-corrected chi connectivity index (χ1v) is 8.69. The fourth-order valence-corrected chi connectivity index (χ4v) is 2.73. The SMILES string of the molecule is CC(C)(C)c1nc(-c2ccccc2)nc(-c2ccc3ccccc3n2)n1. The largest absolute Gasteiger partial charge is 0.244 e. The van der Waals surface area contributed by atoms with E-state index in [-0.39, 0.29) is 5.41 Å². The van der Waals surface area contributed by atoms with Crippen LogP contribution in [-0.2, 0) is 5.41 Å². The number of hydrogen-bond donors (Lipinski definition) is 0. The monoisotopic (exact) mass is 340 g/mol. The van der Waals surface area contributed by atoms with Crippen LogP contribution in [0.4, 0.5) is 0 Å². The molecule has 2 aromatic heterocycles. The molecule has 0 N–H and O–H groups in total. The standard InChI is InChI=1S/C22H20N4/c1-22(2,3)21-25-19(16-10-5-4-6-11-16)24-20(26-21)18-14-13-15-9-7-8-12-17(15)23-18/h4-14H,1-3H3. The first-order chi connectivity index (χ1) is 12.5. The molecule has 0 unspecified atom stereocenters. The Morgan fingerprint density at radius 3 is 2.08 bits per heavy atom. The summed E-state index contributed by atoms with van der Waals surface area (Å²) in [7, 11) is 0. The summed E-state index contributed by atoms with van der Waals surface area (Å²) in [5, 5.41) is 1.10. The molecule has 4 aromatic rings. The Kier molecular flexibility index (Phi) is 3.96. The molecule has 0 radical (unpaired) electrons. The van der Waals surface area contributed by atoms with Gasteiger partial charge in [-0.2, -0.15) is 0 Å². The van der Waals surface area contributed by atoms with E-state index in [1.54, 1.807) is 0 Å². The lowest BCUT2D eigenvalue weighted by atomic mass is 9.95. The molecule has 128 valence electrons. The maximum absolute atomic E-state index is 4.75. The van der Waals surface area contributed by atoms with Crippen molar-refractivity contribution in [3.05, 3.63) is 72.6 Å². The maximum Gasteiger partial charge on any atom is 0.182 e.